The first-order valence-corrected chi connectivity index (χ1v) is 10.3. The van der Waals surface area contributed by atoms with E-state index in [2.05, 4.69) is 35.8 Å². The number of amides is 1. The number of halogens is 1. The molecule has 2 heterocycles. The second-order valence-electron chi connectivity index (χ2n) is 6.88. The maximum Gasteiger partial charge on any atom is 0.343 e. The van der Waals surface area contributed by atoms with Crippen LogP contribution in [-0.4, -0.2) is 50.5 Å². The Balaban J connectivity index is 1.52. The summed E-state index contributed by atoms with van der Waals surface area (Å²) in [7, 11) is 1.43. The lowest BCUT2D eigenvalue weighted by Gasteiger charge is -2.11. The predicted octanol–water partition coefficient (Wildman–Crippen LogP) is 2.19. The molecule has 0 aliphatic rings. The molecule has 0 spiro atoms. The van der Waals surface area contributed by atoms with Crippen LogP contribution in [0.1, 0.15) is 32.1 Å². The molecule has 178 valence electrons. The zero-order valence-electron chi connectivity index (χ0n) is 18.3. The van der Waals surface area contributed by atoms with Crippen molar-refractivity contribution < 1.29 is 23.7 Å². The van der Waals surface area contributed by atoms with Crippen molar-refractivity contribution in [2.75, 3.05) is 12.8 Å². The Hall–Kier alpha value is -4.78. The van der Waals surface area contributed by atoms with Gasteiger partial charge in [-0.25, -0.2) is 14.8 Å². The Morgan fingerprint density at radius 1 is 1.20 bits per heavy atom. The second kappa shape index (κ2) is 10.0. The number of ether oxygens (including phenoxy) is 2. The molecule has 35 heavy (non-hydrogen) atoms. The van der Waals surface area contributed by atoms with E-state index in [1.54, 1.807) is 37.3 Å². The highest BCUT2D eigenvalue weighted by Crippen LogP contribution is 2.31. The van der Waals surface area contributed by atoms with Crippen LogP contribution in [0.15, 0.2) is 52.2 Å². The number of benzene rings is 2. The van der Waals surface area contributed by atoms with Gasteiger partial charge in [-0.2, -0.15) is 9.78 Å². The molecular weight excluding hydrogens is 480 g/mol. The minimum atomic E-state index is -0.650. The third kappa shape index (κ3) is 4.94. The molecule has 13 nitrogen and oxygen atoms in total. The Kier molecular flexibility index (Phi) is 6.69. The third-order valence-electron chi connectivity index (χ3n) is 4.68. The van der Waals surface area contributed by atoms with Gasteiger partial charge in [-0.15, -0.1) is 5.10 Å². The Bertz CT molecular complexity index is 1410. The summed E-state index contributed by atoms with van der Waals surface area (Å²) in [4.78, 5) is 25.2. The number of esters is 1. The summed E-state index contributed by atoms with van der Waals surface area (Å²) in [5.41, 5.74) is 8.97. The average molecular weight is 497 g/mol. The fraction of sp³-hybridized carbons (Fsp3) is 0.0952. The minimum Gasteiger partial charge on any atom is -0.493 e. The zero-order valence-corrected chi connectivity index (χ0v) is 19.1. The van der Waals surface area contributed by atoms with E-state index in [-0.39, 0.29) is 28.6 Å². The number of carbonyl (C=O) groups is 2. The summed E-state index contributed by atoms with van der Waals surface area (Å²) in [5.74, 6) is -0.784. The number of methoxy groups -OCH3 is 1. The molecule has 0 aliphatic heterocycles. The summed E-state index contributed by atoms with van der Waals surface area (Å²) >= 11 is 5.87. The van der Waals surface area contributed by atoms with Crippen molar-refractivity contribution in [3.05, 3.63) is 70.0 Å². The highest BCUT2D eigenvalue weighted by molar-refractivity contribution is 6.30. The van der Waals surface area contributed by atoms with Crippen LogP contribution in [0.2, 0.25) is 5.02 Å². The molecule has 4 rings (SSSR count). The molecular formula is C21H17ClN8O5. The minimum absolute atomic E-state index is 0.0123. The molecule has 3 N–H and O–H groups in total. The number of hydrogen-bond acceptors (Lipinski definition) is 11. The smallest absolute Gasteiger partial charge is 0.343 e. The van der Waals surface area contributed by atoms with E-state index in [4.69, 9.17) is 26.8 Å². The first-order valence-electron chi connectivity index (χ1n) is 9.88. The molecule has 0 atom stereocenters. The topological polar surface area (TPSA) is 173 Å². The van der Waals surface area contributed by atoms with Gasteiger partial charge in [-0.1, -0.05) is 22.9 Å². The molecule has 2 aromatic heterocycles. The molecule has 4 aromatic rings. The molecule has 0 saturated heterocycles. The summed E-state index contributed by atoms with van der Waals surface area (Å²) in [6.07, 6.45) is 1.30. The molecule has 2 aromatic carbocycles. The van der Waals surface area contributed by atoms with Gasteiger partial charge in [0, 0.05) is 10.6 Å². The third-order valence-corrected chi connectivity index (χ3v) is 4.93. The van der Waals surface area contributed by atoms with Gasteiger partial charge in [0.2, 0.25) is 11.6 Å². The van der Waals surface area contributed by atoms with E-state index in [1.807, 2.05) is 0 Å². The van der Waals surface area contributed by atoms with Crippen LogP contribution in [0.4, 0.5) is 5.82 Å². The maximum atomic E-state index is 12.6. The zero-order chi connectivity index (χ0) is 24.9. The van der Waals surface area contributed by atoms with Crippen molar-refractivity contribution in [3.8, 4) is 17.3 Å². The molecule has 0 bridgehead atoms. The van der Waals surface area contributed by atoms with Crippen molar-refractivity contribution in [1.29, 1.82) is 0 Å². The first-order chi connectivity index (χ1) is 16.9. The van der Waals surface area contributed by atoms with Gasteiger partial charge in [0.05, 0.1) is 24.6 Å². The van der Waals surface area contributed by atoms with Crippen LogP contribution in [-0.2, 0) is 0 Å². The Labute approximate surface area is 202 Å². The number of para-hydroxylation sites is 1. The van der Waals surface area contributed by atoms with Gasteiger partial charge < -0.3 is 15.2 Å². The molecule has 0 unspecified atom stereocenters. The quantitative estimate of drug-likeness (QED) is 0.167. The number of aromatic nitrogens is 5. The molecule has 14 heteroatoms. The van der Waals surface area contributed by atoms with Crippen molar-refractivity contribution >= 4 is 35.5 Å². The van der Waals surface area contributed by atoms with E-state index in [0.717, 1.165) is 0 Å². The van der Waals surface area contributed by atoms with Crippen molar-refractivity contribution in [3.63, 3.8) is 0 Å². The fourth-order valence-electron chi connectivity index (χ4n) is 2.93. The van der Waals surface area contributed by atoms with E-state index in [1.165, 1.54) is 30.1 Å². The van der Waals surface area contributed by atoms with Crippen molar-refractivity contribution in [2.24, 2.45) is 5.10 Å². The Morgan fingerprint density at radius 2 is 1.97 bits per heavy atom. The fourth-order valence-corrected chi connectivity index (χ4v) is 3.06. The van der Waals surface area contributed by atoms with Gasteiger partial charge in [0.25, 0.3) is 5.91 Å². The number of hydrogen-bond donors (Lipinski definition) is 2. The van der Waals surface area contributed by atoms with Gasteiger partial charge >= 0.3 is 5.97 Å². The van der Waals surface area contributed by atoms with E-state index < -0.39 is 11.9 Å². The van der Waals surface area contributed by atoms with Crippen molar-refractivity contribution in [2.45, 2.75) is 6.92 Å². The van der Waals surface area contributed by atoms with Crippen LogP contribution in [0, 0.1) is 6.92 Å². The van der Waals surface area contributed by atoms with Crippen molar-refractivity contribution in [1.82, 2.24) is 30.7 Å². The van der Waals surface area contributed by atoms with E-state index in [0.29, 0.717) is 22.0 Å². The predicted molar refractivity (Wildman–Crippen MR) is 123 cm³/mol. The highest BCUT2D eigenvalue weighted by atomic mass is 35.5. The van der Waals surface area contributed by atoms with Crippen LogP contribution in [0.25, 0.3) is 5.82 Å². The summed E-state index contributed by atoms with van der Waals surface area (Å²) in [5, 5.41) is 19.2. The van der Waals surface area contributed by atoms with E-state index >= 15 is 0 Å². The highest BCUT2D eigenvalue weighted by Gasteiger charge is 2.21. The number of rotatable bonds is 7. The lowest BCUT2D eigenvalue weighted by molar-refractivity contribution is 0.0729. The van der Waals surface area contributed by atoms with Gasteiger partial charge in [0.1, 0.15) is 0 Å². The van der Waals surface area contributed by atoms with Gasteiger partial charge in [-0.05, 0) is 53.6 Å². The number of hydrazone groups is 1. The molecule has 0 saturated carbocycles. The molecule has 1 amide bonds. The van der Waals surface area contributed by atoms with Crippen LogP contribution >= 0.6 is 11.6 Å². The second-order valence-corrected chi connectivity index (χ2v) is 7.32. The number of nitrogens with zero attached hydrogens (tertiary/aromatic N) is 6. The molecule has 0 radical (unpaired) electrons. The molecule has 0 fully saturated rings. The summed E-state index contributed by atoms with van der Waals surface area (Å²) in [6, 6.07) is 11.1. The average Bonchev–Trinajstić information content (AvgIpc) is 3.44. The number of carbonyl (C=O) groups excluding carboxylic acids is 2. The number of nitrogen functional groups attached to an aromatic ring is 1. The number of nitrogens with two attached hydrogens (primary N) is 1. The SMILES string of the molecule is COc1cccc(/C=N/NC(=O)c2nnn(-c3nonc3N)c2C)c1OC(=O)c1ccc(Cl)cc1. The first kappa shape index (κ1) is 23.4. The van der Waals surface area contributed by atoms with Gasteiger partial charge in [0.15, 0.2) is 17.2 Å². The Morgan fingerprint density at radius 3 is 2.66 bits per heavy atom. The lowest BCUT2D eigenvalue weighted by atomic mass is 10.2. The maximum absolute atomic E-state index is 12.6. The monoisotopic (exact) mass is 496 g/mol. The summed E-state index contributed by atoms with van der Waals surface area (Å²) in [6.45, 7) is 1.59. The lowest BCUT2D eigenvalue weighted by Crippen LogP contribution is -2.19. The van der Waals surface area contributed by atoms with Crippen LogP contribution < -0.4 is 20.6 Å². The van der Waals surface area contributed by atoms with Gasteiger partial charge in [-0.3, -0.25) is 4.79 Å². The normalized spacial score (nSPS) is 10.9. The standard InChI is InChI=1S/C21H17ClN8O5/c1-11-16(25-29-30(11)19-18(23)27-35-28-19)20(31)26-24-10-13-4-3-5-15(33-2)17(13)34-21(32)12-6-8-14(22)9-7-12/h3-10H,1-2H3,(H2,23,27)(H,26,31)/b24-10+. The van der Waals surface area contributed by atoms with Crippen LogP contribution in [0.3, 0.4) is 0 Å². The van der Waals surface area contributed by atoms with Crippen LogP contribution in [0.5, 0.6) is 11.5 Å². The number of anilines is 1. The summed E-state index contributed by atoms with van der Waals surface area (Å²) < 4.78 is 16.6. The van der Waals surface area contributed by atoms with E-state index in [9.17, 15) is 9.59 Å². The molecule has 0 aliphatic carbocycles. The largest absolute Gasteiger partial charge is 0.493 e. The number of nitrogens with one attached hydrogen (secondary N) is 1.